The summed E-state index contributed by atoms with van der Waals surface area (Å²) in [5, 5.41) is 17.0. The van der Waals surface area contributed by atoms with E-state index in [9.17, 15) is 9.90 Å². The number of nitrogens with one attached hydrogen (secondary N) is 2. The number of carboxylic acid groups (broad SMARTS) is 1. The third-order valence-electron chi connectivity index (χ3n) is 6.07. The molecule has 0 saturated heterocycles. The second kappa shape index (κ2) is 13.0. The molecule has 0 atom stereocenters. The van der Waals surface area contributed by atoms with Crippen molar-refractivity contribution in [3.05, 3.63) is 59.7 Å². The molecule has 0 amide bonds. The molecule has 0 fully saturated rings. The highest BCUT2D eigenvalue weighted by Crippen LogP contribution is 2.34. The van der Waals surface area contributed by atoms with Crippen LogP contribution in [0.25, 0.3) is 0 Å². The lowest BCUT2D eigenvalue weighted by Gasteiger charge is -2.26. The molecule has 31 heavy (non-hydrogen) atoms. The fourth-order valence-electron chi connectivity index (χ4n) is 3.83. The SMILES string of the molecule is CCCCCCNc1ccc(C(C)(C(=O)O)c2ccc(NCCCCCC)cc2)cc1. The topological polar surface area (TPSA) is 61.4 Å². The van der Waals surface area contributed by atoms with Gasteiger partial charge in [-0.1, -0.05) is 76.6 Å². The van der Waals surface area contributed by atoms with Gasteiger partial charge in [-0.05, 0) is 55.2 Å². The van der Waals surface area contributed by atoms with Crippen molar-refractivity contribution in [3.8, 4) is 0 Å². The van der Waals surface area contributed by atoms with E-state index in [0.29, 0.717) is 0 Å². The Bertz CT molecular complexity index is 711. The van der Waals surface area contributed by atoms with Gasteiger partial charge in [0.1, 0.15) is 5.41 Å². The Balaban J connectivity index is 2.03. The summed E-state index contributed by atoms with van der Waals surface area (Å²) < 4.78 is 0. The third kappa shape index (κ3) is 7.30. The predicted octanol–water partition coefficient (Wildman–Crippen LogP) is 7.06. The molecule has 0 spiro atoms. The van der Waals surface area contributed by atoms with Gasteiger partial charge in [-0.25, -0.2) is 0 Å². The van der Waals surface area contributed by atoms with Gasteiger partial charge < -0.3 is 15.7 Å². The summed E-state index contributed by atoms with van der Waals surface area (Å²) in [4.78, 5) is 12.3. The van der Waals surface area contributed by atoms with E-state index in [1.807, 2.05) is 48.5 Å². The van der Waals surface area contributed by atoms with Gasteiger partial charge in [0.2, 0.25) is 0 Å². The number of unbranched alkanes of at least 4 members (excludes halogenated alkanes) is 6. The number of carbonyl (C=O) groups is 1. The zero-order valence-corrected chi connectivity index (χ0v) is 19.5. The summed E-state index contributed by atoms with van der Waals surface area (Å²) in [6.07, 6.45) is 9.79. The average molecular weight is 425 g/mol. The fourth-order valence-corrected chi connectivity index (χ4v) is 3.83. The minimum Gasteiger partial charge on any atom is -0.480 e. The lowest BCUT2D eigenvalue weighted by molar-refractivity contribution is -0.141. The first-order chi connectivity index (χ1) is 15.0. The second-order valence-electron chi connectivity index (χ2n) is 8.56. The van der Waals surface area contributed by atoms with E-state index in [1.54, 1.807) is 6.92 Å². The Labute approximate surface area is 188 Å². The Morgan fingerprint density at radius 3 is 1.42 bits per heavy atom. The molecule has 0 bridgehead atoms. The molecule has 0 radical (unpaired) electrons. The van der Waals surface area contributed by atoms with Crippen molar-refractivity contribution >= 4 is 17.3 Å². The first kappa shape index (κ1) is 24.8. The molecular weight excluding hydrogens is 384 g/mol. The number of carboxylic acids is 1. The number of hydrogen-bond acceptors (Lipinski definition) is 3. The van der Waals surface area contributed by atoms with Crippen LogP contribution in [0.1, 0.15) is 83.3 Å². The van der Waals surface area contributed by atoms with Gasteiger partial charge >= 0.3 is 5.97 Å². The Hall–Kier alpha value is -2.49. The normalized spacial score (nSPS) is 11.3. The Morgan fingerprint density at radius 2 is 1.10 bits per heavy atom. The summed E-state index contributed by atoms with van der Waals surface area (Å²) in [5.74, 6) is -0.840. The summed E-state index contributed by atoms with van der Waals surface area (Å²) >= 11 is 0. The highest BCUT2D eigenvalue weighted by Gasteiger charge is 2.37. The molecule has 4 nitrogen and oxygen atoms in total. The van der Waals surface area contributed by atoms with Gasteiger partial charge in [0.05, 0.1) is 0 Å². The lowest BCUT2D eigenvalue weighted by atomic mass is 9.76. The van der Waals surface area contributed by atoms with Crippen molar-refractivity contribution < 1.29 is 9.90 Å². The highest BCUT2D eigenvalue weighted by molar-refractivity contribution is 5.85. The van der Waals surface area contributed by atoms with E-state index in [2.05, 4.69) is 24.5 Å². The van der Waals surface area contributed by atoms with Gasteiger partial charge in [-0.3, -0.25) is 4.79 Å². The summed E-state index contributed by atoms with van der Waals surface area (Å²) in [6, 6.07) is 15.7. The molecular formula is C27H40N2O2. The minimum atomic E-state index is -1.08. The van der Waals surface area contributed by atoms with E-state index in [4.69, 9.17) is 0 Å². The molecule has 2 aromatic carbocycles. The van der Waals surface area contributed by atoms with Gasteiger partial charge in [-0.15, -0.1) is 0 Å². The molecule has 0 unspecified atom stereocenters. The van der Waals surface area contributed by atoms with Crippen LogP contribution in [0.2, 0.25) is 0 Å². The first-order valence-corrected chi connectivity index (χ1v) is 11.9. The van der Waals surface area contributed by atoms with Crippen LogP contribution in [0.3, 0.4) is 0 Å². The summed E-state index contributed by atoms with van der Waals surface area (Å²) in [5.41, 5.74) is 2.57. The van der Waals surface area contributed by atoms with Crippen LogP contribution in [0.4, 0.5) is 11.4 Å². The van der Waals surface area contributed by atoms with Crippen molar-refractivity contribution in [1.82, 2.24) is 0 Å². The molecule has 0 saturated carbocycles. The average Bonchev–Trinajstić information content (AvgIpc) is 2.79. The number of hydrogen-bond donors (Lipinski definition) is 3. The zero-order valence-electron chi connectivity index (χ0n) is 19.5. The number of benzene rings is 2. The van der Waals surface area contributed by atoms with Crippen LogP contribution in [-0.2, 0) is 10.2 Å². The number of anilines is 2. The largest absolute Gasteiger partial charge is 0.480 e. The zero-order chi connectivity index (χ0) is 22.5. The molecule has 0 aliphatic carbocycles. The van der Waals surface area contributed by atoms with Crippen LogP contribution >= 0.6 is 0 Å². The van der Waals surface area contributed by atoms with Crippen LogP contribution in [0.5, 0.6) is 0 Å². The minimum absolute atomic E-state index is 0.789. The first-order valence-electron chi connectivity index (χ1n) is 11.9. The van der Waals surface area contributed by atoms with E-state index in [1.165, 1.54) is 38.5 Å². The van der Waals surface area contributed by atoms with Gasteiger partial charge in [0.25, 0.3) is 0 Å². The molecule has 2 aromatic rings. The summed E-state index contributed by atoms with van der Waals surface area (Å²) in [6.45, 7) is 8.11. The predicted molar refractivity (Wildman–Crippen MR) is 132 cm³/mol. The molecule has 4 heteroatoms. The summed E-state index contributed by atoms with van der Waals surface area (Å²) in [7, 11) is 0. The van der Waals surface area contributed by atoms with Crippen molar-refractivity contribution in [2.24, 2.45) is 0 Å². The highest BCUT2D eigenvalue weighted by atomic mass is 16.4. The fraction of sp³-hybridized carbons (Fsp3) is 0.519. The maximum atomic E-state index is 12.3. The Kier molecular flexibility index (Phi) is 10.4. The van der Waals surface area contributed by atoms with E-state index in [-0.39, 0.29) is 0 Å². The maximum absolute atomic E-state index is 12.3. The number of aliphatic carboxylic acids is 1. The monoisotopic (exact) mass is 424 g/mol. The van der Waals surface area contributed by atoms with Gasteiger partial charge in [-0.2, -0.15) is 0 Å². The van der Waals surface area contributed by atoms with Crippen LogP contribution < -0.4 is 10.6 Å². The molecule has 2 rings (SSSR count). The smallest absolute Gasteiger partial charge is 0.318 e. The maximum Gasteiger partial charge on any atom is 0.318 e. The lowest BCUT2D eigenvalue weighted by Crippen LogP contribution is -2.33. The van der Waals surface area contributed by atoms with Gasteiger partial charge in [0.15, 0.2) is 0 Å². The van der Waals surface area contributed by atoms with Crippen molar-refractivity contribution in [2.45, 2.75) is 77.6 Å². The Morgan fingerprint density at radius 1 is 0.710 bits per heavy atom. The third-order valence-corrected chi connectivity index (χ3v) is 6.07. The van der Waals surface area contributed by atoms with E-state index in [0.717, 1.165) is 48.4 Å². The standard InChI is InChI=1S/C27H40N2O2/c1-4-6-8-10-20-28-24-16-12-22(13-17-24)27(3,26(30)31)23-14-18-25(19-15-23)29-21-11-9-7-5-2/h12-19,28-29H,4-11,20-21H2,1-3H3,(H,30,31). The molecule has 3 N–H and O–H groups in total. The van der Waals surface area contributed by atoms with Crippen molar-refractivity contribution in [1.29, 1.82) is 0 Å². The molecule has 0 heterocycles. The van der Waals surface area contributed by atoms with Crippen LogP contribution in [0, 0.1) is 0 Å². The number of rotatable bonds is 15. The molecule has 0 aliphatic rings. The van der Waals surface area contributed by atoms with E-state index >= 15 is 0 Å². The van der Waals surface area contributed by atoms with Crippen molar-refractivity contribution in [2.75, 3.05) is 23.7 Å². The van der Waals surface area contributed by atoms with E-state index < -0.39 is 11.4 Å². The molecule has 0 aliphatic heterocycles. The molecule has 170 valence electrons. The van der Waals surface area contributed by atoms with Crippen molar-refractivity contribution in [3.63, 3.8) is 0 Å². The molecule has 0 aromatic heterocycles. The van der Waals surface area contributed by atoms with Gasteiger partial charge in [0, 0.05) is 24.5 Å². The van der Waals surface area contributed by atoms with Crippen LogP contribution in [0.15, 0.2) is 48.5 Å². The van der Waals surface area contributed by atoms with Crippen LogP contribution in [-0.4, -0.2) is 24.2 Å². The second-order valence-corrected chi connectivity index (χ2v) is 8.56. The quantitative estimate of drug-likeness (QED) is 0.268.